The van der Waals surface area contributed by atoms with E-state index in [2.05, 4.69) is 37.6 Å². The lowest BCUT2D eigenvalue weighted by molar-refractivity contribution is 0.606. The maximum atomic E-state index is 13.6. The number of rotatable bonds is 6. The molecule has 0 unspecified atom stereocenters. The third-order valence-electron chi connectivity index (χ3n) is 4.57. The van der Waals surface area contributed by atoms with Crippen LogP contribution in [0, 0.1) is 5.82 Å². The molecule has 1 aliphatic rings. The molecule has 0 bridgehead atoms. The second kappa shape index (κ2) is 11.1. The quantitative estimate of drug-likeness (QED) is 0.376. The van der Waals surface area contributed by atoms with Crippen molar-refractivity contribution in [2.24, 2.45) is 4.99 Å². The van der Waals surface area contributed by atoms with Crippen LogP contribution in [0.25, 0.3) is 0 Å². The van der Waals surface area contributed by atoms with Crippen LogP contribution in [0.2, 0.25) is 0 Å². The summed E-state index contributed by atoms with van der Waals surface area (Å²) >= 11 is 0. The van der Waals surface area contributed by atoms with E-state index in [0.717, 1.165) is 24.5 Å². The molecule has 2 N–H and O–H groups in total. The molecule has 146 valence electrons. The maximum Gasteiger partial charge on any atom is 0.191 e. The van der Waals surface area contributed by atoms with Gasteiger partial charge >= 0.3 is 0 Å². The van der Waals surface area contributed by atoms with Gasteiger partial charge in [0.2, 0.25) is 0 Å². The fourth-order valence-electron chi connectivity index (χ4n) is 3.08. The number of aliphatic imine (C=N–C) groups is 1. The van der Waals surface area contributed by atoms with Crippen LogP contribution in [0.4, 0.5) is 10.2 Å². The Labute approximate surface area is 177 Å². The van der Waals surface area contributed by atoms with Gasteiger partial charge in [0, 0.05) is 39.4 Å². The SMILES string of the molecule is CN=C(NCCc1ccccc1F)NCc1ccc(N2CCCC2)nc1.I. The first-order valence-corrected chi connectivity index (χ1v) is 9.14. The molecule has 0 amide bonds. The zero-order valence-corrected chi connectivity index (χ0v) is 17.9. The van der Waals surface area contributed by atoms with Crippen molar-refractivity contribution in [3.05, 3.63) is 59.5 Å². The number of pyridine rings is 1. The number of anilines is 1. The average Bonchev–Trinajstić information content (AvgIpc) is 3.21. The summed E-state index contributed by atoms with van der Waals surface area (Å²) in [5.41, 5.74) is 1.81. The van der Waals surface area contributed by atoms with Crippen molar-refractivity contribution in [2.45, 2.75) is 25.8 Å². The van der Waals surface area contributed by atoms with Gasteiger partial charge in [0.1, 0.15) is 11.6 Å². The van der Waals surface area contributed by atoms with E-state index in [1.54, 1.807) is 19.2 Å². The van der Waals surface area contributed by atoms with E-state index in [1.807, 2.05) is 12.3 Å². The summed E-state index contributed by atoms with van der Waals surface area (Å²) in [7, 11) is 1.73. The molecule has 0 radical (unpaired) electrons. The molecule has 1 fully saturated rings. The van der Waals surface area contributed by atoms with Crippen molar-refractivity contribution in [3.63, 3.8) is 0 Å². The van der Waals surface area contributed by atoms with Crippen LogP contribution < -0.4 is 15.5 Å². The van der Waals surface area contributed by atoms with Crippen molar-refractivity contribution >= 4 is 35.8 Å². The first kappa shape index (κ1) is 21.4. The first-order chi connectivity index (χ1) is 12.8. The van der Waals surface area contributed by atoms with Crippen LogP contribution in [0.5, 0.6) is 0 Å². The van der Waals surface area contributed by atoms with Crippen LogP contribution in [0.3, 0.4) is 0 Å². The third-order valence-corrected chi connectivity index (χ3v) is 4.57. The maximum absolute atomic E-state index is 13.6. The van der Waals surface area contributed by atoms with Crippen molar-refractivity contribution in [1.29, 1.82) is 0 Å². The van der Waals surface area contributed by atoms with E-state index in [1.165, 1.54) is 18.9 Å². The Hall–Kier alpha value is -1.90. The Morgan fingerprint density at radius 1 is 1.15 bits per heavy atom. The Kier molecular flexibility index (Phi) is 8.77. The largest absolute Gasteiger partial charge is 0.357 e. The minimum atomic E-state index is -0.165. The van der Waals surface area contributed by atoms with Gasteiger partial charge in [0.05, 0.1) is 0 Å². The molecule has 0 saturated carbocycles. The van der Waals surface area contributed by atoms with Gasteiger partial charge in [-0.25, -0.2) is 9.37 Å². The topological polar surface area (TPSA) is 52.6 Å². The van der Waals surface area contributed by atoms with Gasteiger partial charge in [-0.2, -0.15) is 0 Å². The molecule has 5 nitrogen and oxygen atoms in total. The Morgan fingerprint density at radius 2 is 1.93 bits per heavy atom. The van der Waals surface area contributed by atoms with Crippen LogP contribution in [-0.4, -0.2) is 37.6 Å². The molecule has 2 heterocycles. The van der Waals surface area contributed by atoms with Crippen LogP contribution in [0.15, 0.2) is 47.6 Å². The lowest BCUT2D eigenvalue weighted by Gasteiger charge is -2.16. The summed E-state index contributed by atoms with van der Waals surface area (Å²) in [6.45, 7) is 3.46. The Bertz CT molecular complexity index is 729. The predicted octanol–water partition coefficient (Wildman–Crippen LogP) is 3.35. The molecule has 1 aromatic heterocycles. The average molecular weight is 483 g/mol. The third kappa shape index (κ3) is 6.34. The highest BCUT2D eigenvalue weighted by Crippen LogP contribution is 2.17. The fourth-order valence-corrected chi connectivity index (χ4v) is 3.08. The minimum absolute atomic E-state index is 0. The highest BCUT2D eigenvalue weighted by Gasteiger charge is 2.12. The Morgan fingerprint density at radius 3 is 2.59 bits per heavy atom. The summed E-state index contributed by atoms with van der Waals surface area (Å²) in [6.07, 6.45) is 5.02. The smallest absolute Gasteiger partial charge is 0.191 e. The number of benzene rings is 1. The van der Waals surface area contributed by atoms with Gasteiger partial charge in [0.15, 0.2) is 5.96 Å². The van der Waals surface area contributed by atoms with Gasteiger partial charge in [-0.3, -0.25) is 4.99 Å². The van der Waals surface area contributed by atoms with Crippen molar-refractivity contribution in [2.75, 3.05) is 31.6 Å². The molecule has 1 aliphatic heterocycles. The van der Waals surface area contributed by atoms with Crippen LogP contribution in [-0.2, 0) is 13.0 Å². The summed E-state index contributed by atoms with van der Waals surface area (Å²) in [4.78, 5) is 11.1. The molecule has 7 heteroatoms. The number of nitrogens with one attached hydrogen (secondary N) is 2. The zero-order valence-electron chi connectivity index (χ0n) is 15.6. The number of halogens is 2. The molecule has 2 aromatic rings. The minimum Gasteiger partial charge on any atom is -0.357 e. The number of nitrogens with zero attached hydrogens (tertiary/aromatic N) is 3. The van der Waals surface area contributed by atoms with Crippen molar-refractivity contribution in [3.8, 4) is 0 Å². The molecular formula is C20H27FIN5. The van der Waals surface area contributed by atoms with Gasteiger partial charge < -0.3 is 15.5 Å². The van der Waals surface area contributed by atoms with E-state index < -0.39 is 0 Å². The second-order valence-corrected chi connectivity index (χ2v) is 6.41. The summed E-state index contributed by atoms with van der Waals surface area (Å²) < 4.78 is 13.6. The van der Waals surface area contributed by atoms with Gasteiger partial charge in [0.25, 0.3) is 0 Å². The molecule has 1 aromatic carbocycles. The van der Waals surface area contributed by atoms with Gasteiger partial charge in [-0.05, 0) is 42.5 Å². The van der Waals surface area contributed by atoms with E-state index in [0.29, 0.717) is 31.0 Å². The van der Waals surface area contributed by atoms with Gasteiger partial charge in [-0.15, -0.1) is 24.0 Å². The van der Waals surface area contributed by atoms with Crippen molar-refractivity contribution in [1.82, 2.24) is 15.6 Å². The molecule has 0 aliphatic carbocycles. The number of guanidine groups is 1. The molecular weight excluding hydrogens is 456 g/mol. The fraction of sp³-hybridized carbons (Fsp3) is 0.400. The summed E-state index contributed by atoms with van der Waals surface area (Å²) in [5, 5.41) is 6.48. The number of hydrogen-bond donors (Lipinski definition) is 2. The molecule has 0 spiro atoms. The highest BCUT2D eigenvalue weighted by atomic mass is 127. The van der Waals surface area contributed by atoms with Crippen LogP contribution >= 0.6 is 24.0 Å². The normalized spacial score (nSPS) is 14.0. The standard InChI is InChI=1S/C20H26FN5.HI/c1-22-20(23-11-10-17-6-2-3-7-18(17)21)25-15-16-8-9-19(24-14-16)26-12-4-5-13-26;/h2-3,6-9,14H,4-5,10-13,15H2,1H3,(H2,22,23,25);1H. The first-order valence-electron chi connectivity index (χ1n) is 9.14. The molecule has 0 atom stereocenters. The monoisotopic (exact) mass is 483 g/mol. The lowest BCUT2D eigenvalue weighted by atomic mass is 10.1. The van der Waals surface area contributed by atoms with E-state index >= 15 is 0 Å². The number of aromatic nitrogens is 1. The summed E-state index contributed by atoms with van der Waals surface area (Å²) in [6, 6.07) is 11.0. The zero-order chi connectivity index (χ0) is 18.2. The lowest BCUT2D eigenvalue weighted by Crippen LogP contribution is -2.38. The Balaban J connectivity index is 0.00000261. The molecule has 1 saturated heterocycles. The summed E-state index contributed by atoms with van der Waals surface area (Å²) in [5.74, 6) is 1.59. The number of hydrogen-bond acceptors (Lipinski definition) is 3. The van der Waals surface area contributed by atoms with Gasteiger partial charge in [-0.1, -0.05) is 24.3 Å². The van der Waals surface area contributed by atoms with E-state index in [4.69, 9.17) is 0 Å². The highest BCUT2D eigenvalue weighted by molar-refractivity contribution is 14.0. The van der Waals surface area contributed by atoms with E-state index in [9.17, 15) is 4.39 Å². The van der Waals surface area contributed by atoms with Crippen molar-refractivity contribution < 1.29 is 4.39 Å². The predicted molar refractivity (Wildman–Crippen MR) is 119 cm³/mol. The molecule has 3 rings (SSSR count). The van der Waals surface area contributed by atoms with E-state index in [-0.39, 0.29) is 29.8 Å². The van der Waals surface area contributed by atoms with Crippen LogP contribution in [0.1, 0.15) is 24.0 Å². The second-order valence-electron chi connectivity index (χ2n) is 6.41. The molecule has 27 heavy (non-hydrogen) atoms.